The van der Waals surface area contributed by atoms with Crippen molar-refractivity contribution in [2.75, 3.05) is 10.6 Å². The van der Waals surface area contributed by atoms with Crippen LogP contribution in [0.2, 0.25) is 5.02 Å². The minimum absolute atomic E-state index is 0.0623. The predicted octanol–water partition coefficient (Wildman–Crippen LogP) is 2.98. The number of hydrogen-bond donors (Lipinski definition) is 2. The van der Waals surface area contributed by atoms with Gasteiger partial charge in [-0.3, -0.25) is 14.9 Å². The maximum atomic E-state index is 12.4. The van der Waals surface area contributed by atoms with Crippen molar-refractivity contribution in [3.63, 3.8) is 0 Å². The van der Waals surface area contributed by atoms with Gasteiger partial charge in [0.05, 0.1) is 6.54 Å². The van der Waals surface area contributed by atoms with Crippen molar-refractivity contribution in [2.24, 2.45) is 5.92 Å². The van der Waals surface area contributed by atoms with Crippen LogP contribution in [0.3, 0.4) is 0 Å². The number of halogens is 1. The molecule has 0 radical (unpaired) electrons. The summed E-state index contributed by atoms with van der Waals surface area (Å²) in [6, 6.07) is 10.5. The Morgan fingerprint density at radius 1 is 1.11 bits per heavy atom. The molecule has 2 heterocycles. The Bertz CT molecular complexity index is 1010. The lowest BCUT2D eigenvalue weighted by Gasteiger charge is -2.05. The fraction of sp³-hybridized carbons (Fsp3) is 0.211. The van der Waals surface area contributed by atoms with Gasteiger partial charge in [0.15, 0.2) is 0 Å². The summed E-state index contributed by atoms with van der Waals surface area (Å²) in [5.41, 5.74) is 1.37. The second-order valence-corrected chi connectivity index (χ2v) is 6.98. The van der Waals surface area contributed by atoms with Gasteiger partial charge in [-0.15, -0.1) is 5.10 Å². The number of benzene rings is 1. The van der Waals surface area contributed by atoms with Gasteiger partial charge in [0.2, 0.25) is 11.9 Å². The number of hydrogen-bond acceptors (Lipinski definition) is 5. The lowest BCUT2D eigenvalue weighted by atomic mass is 10.2. The lowest BCUT2D eigenvalue weighted by Crippen LogP contribution is -2.17. The number of anilines is 2. The first-order valence-corrected chi connectivity index (χ1v) is 9.17. The summed E-state index contributed by atoms with van der Waals surface area (Å²) < 4.78 is 1.62. The third-order valence-electron chi connectivity index (χ3n) is 4.24. The molecule has 3 aromatic rings. The van der Waals surface area contributed by atoms with Gasteiger partial charge in [-0.25, -0.2) is 14.6 Å². The Labute approximate surface area is 166 Å². The van der Waals surface area contributed by atoms with Crippen LogP contribution in [-0.4, -0.2) is 31.6 Å². The summed E-state index contributed by atoms with van der Waals surface area (Å²) in [7, 11) is 0. The molecule has 2 amide bonds. The molecule has 2 aromatic heterocycles. The van der Waals surface area contributed by atoms with Gasteiger partial charge in [-0.1, -0.05) is 23.7 Å². The van der Waals surface area contributed by atoms with Crippen LogP contribution in [0.15, 0.2) is 48.9 Å². The molecule has 28 heavy (non-hydrogen) atoms. The zero-order chi connectivity index (χ0) is 19.5. The molecule has 1 aromatic carbocycles. The molecule has 9 heteroatoms. The lowest BCUT2D eigenvalue weighted by molar-refractivity contribution is -0.117. The van der Waals surface area contributed by atoms with E-state index in [1.54, 1.807) is 22.9 Å². The molecule has 142 valence electrons. The van der Waals surface area contributed by atoms with Crippen LogP contribution in [0.5, 0.6) is 0 Å². The number of carbonyl (C=O) groups excluding carboxylic acids is 2. The normalized spacial score (nSPS) is 13.2. The van der Waals surface area contributed by atoms with Gasteiger partial charge >= 0.3 is 0 Å². The van der Waals surface area contributed by atoms with Gasteiger partial charge < -0.3 is 5.32 Å². The molecule has 0 spiro atoms. The minimum Gasteiger partial charge on any atom is -0.310 e. The van der Waals surface area contributed by atoms with E-state index < -0.39 is 0 Å². The third-order valence-corrected chi connectivity index (χ3v) is 4.49. The van der Waals surface area contributed by atoms with Crippen LogP contribution in [0.4, 0.5) is 11.8 Å². The molecule has 1 aliphatic rings. The molecule has 4 rings (SSSR count). The number of pyridine rings is 1. The molecular formula is C19H17ClN6O2. The topological polar surface area (TPSA) is 102 Å². The van der Waals surface area contributed by atoms with Gasteiger partial charge in [0, 0.05) is 22.7 Å². The summed E-state index contributed by atoms with van der Waals surface area (Å²) >= 11 is 5.88. The number of aromatic nitrogens is 4. The number of carbonyl (C=O) groups is 2. The Kier molecular flexibility index (Phi) is 5.03. The van der Waals surface area contributed by atoms with Crippen molar-refractivity contribution in [2.45, 2.75) is 19.4 Å². The molecule has 1 fully saturated rings. The first-order valence-electron chi connectivity index (χ1n) is 8.79. The zero-order valence-electron chi connectivity index (χ0n) is 14.8. The first kappa shape index (κ1) is 18.1. The van der Waals surface area contributed by atoms with Crippen molar-refractivity contribution in [1.29, 1.82) is 0 Å². The van der Waals surface area contributed by atoms with Crippen molar-refractivity contribution >= 4 is 35.2 Å². The van der Waals surface area contributed by atoms with Crippen LogP contribution < -0.4 is 10.6 Å². The summed E-state index contributed by atoms with van der Waals surface area (Å²) in [4.78, 5) is 32.5. The van der Waals surface area contributed by atoms with E-state index in [4.69, 9.17) is 11.6 Å². The highest BCUT2D eigenvalue weighted by Gasteiger charge is 2.29. The summed E-state index contributed by atoms with van der Waals surface area (Å²) in [5.74, 6) is 0.166. The number of amides is 2. The third kappa shape index (κ3) is 4.52. The zero-order valence-corrected chi connectivity index (χ0v) is 15.6. The van der Waals surface area contributed by atoms with E-state index in [1.165, 1.54) is 18.6 Å². The average molecular weight is 397 g/mol. The molecule has 0 atom stereocenters. The van der Waals surface area contributed by atoms with Crippen molar-refractivity contribution in [3.05, 3.63) is 65.1 Å². The van der Waals surface area contributed by atoms with E-state index in [1.807, 2.05) is 12.1 Å². The summed E-state index contributed by atoms with van der Waals surface area (Å²) in [6.07, 6.45) is 4.81. The van der Waals surface area contributed by atoms with E-state index in [-0.39, 0.29) is 23.7 Å². The highest BCUT2D eigenvalue weighted by atomic mass is 35.5. The highest BCUT2D eigenvalue weighted by molar-refractivity contribution is 6.30. The number of rotatable bonds is 6. The van der Waals surface area contributed by atoms with Crippen molar-refractivity contribution in [1.82, 2.24) is 19.7 Å². The Morgan fingerprint density at radius 2 is 1.89 bits per heavy atom. The molecule has 1 aliphatic carbocycles. The Hall–Kier alpha value is -3.26. The molecule has 0 aliphatic heterocycles. The first-order chi connectivity index (χ1) is 13.6. The SMILES string of the molecule is O=C(Nc1ncn(Cc2ccc(Cl)cc2)n1)c1ccnc(NC(=O)C2CC2)c1. The maximum absolute atomic E-state index is 12.4. The molecule has 1 saturated carbocycles. The summed E-state index contributed by atoms with van der Waals surface area (Å²) in [5, 5.41) is 10.3. The van der Waals surface area contributed by atoms with Crippen molar-refractivity contribution < 1.29 is 9.59 Å². The van der Waals surface area contributed by atoms with Gasteiger partial charge in [0.1, 0.15) is 12.1 Å². The minimum atomic E-state index is -0.381. The maximum Gasteiger partial charge on any atom is 0.258 e. The van der Waals surface area contributed by atoms with E-state index in [0.717, 1.165) is 18.4 Å². The quantitative estimate of drug-likeness (QED) is 0.666. The monoisotopic (exact) mass is 396 g/mol. The fourth-order valence-electron chi connectivity index (χ4n) is 2.59. The number of nitrogens with zero attached hydrogens (tertiary/aromatic N) is 4. The van der Waals surface area contributed by atoms with Crippen LogP contribution in [0.25, 0.3) is 0 Å². The van der Waals surface area contributed by atoms with E-state index in [2.05, 4.69) is 25.7 Å². The van der Waals surface area contributed by atoms with E-state index >= 15 is 0 Å². The standard InChI is InChI=1S/C19H17ClN6O2/c20-15-5-1-12(2-6-15)10-26-11-22-19(25-26)24-18(28)14-7-8-21-16(9-14)23-17(27)13-3-4-13/h1-2,5-9,11,13H,3-4,10H2,(H,21,23,27)(H,24,25,28). The molecular weight excluding hydrogens is 380 g/mol. The fourth-order valence-corrected chi connectivity index (χ4v) is 2.72. The second-order valence-electron chi connectivity index (χ2n) is 6.54. The average Bonchev–Trinajstić information content (AvgIpc) is 3.46. The molecule has 0 bridgehead atoms. The predicted molar refractivity (Wildman–Crippen MR) is 104 cm³/mol. The van der Waals surface area contributed by atoms with E-state index in [0.29, 0.717) is 22.9 Å². The molecule has 8 nitrogen and oxygen atoms in total. The molecule has 0 unspecified atom stereocenters. The largest absolute Gasteiger partial charge is 0.310 e. The number of nitrogens with one attached hydrogen (secondary N) is 2. The van der Waals surface area contributed by atoms with Crippen LogP contribution in [-0.2, 0) is 11.3 Å². The van der Waals surface area contributed by atoms with Crippen LogP contribution in [0.1, 0.15) is 28.8 Å². The van der Waals surface area contributed by atoms with Gasteiger partial charge in [-0.05, 0) is 42.7 Å². The second kappa shape index (κ2) is 7.77. The Morgan fingerprint density at radius 3 is 2.64 bits per heavy atom. The van der Waals surface area contributed by atoms with Crippen molar-refractivity contribution in [3.8, 4) is 0 Å². The highest BCUT2D eigenvalue weighted by Crippen LogP contribution is 2.30. The van der Waals surface area contributed by atoms with E-state index in [9.17, 15) is 9.59 Å². The Balaban J connectivity index is 1.39. The molecule has 2 N–H and O–H groups in total. The van der Waals surface area contributed by atoms with Crippen LogP contribution in [0, 0.1) is 5.92 Å². The van der Waals surface area contributed by atoms with Gasteiger partial charge in [0.25, 0.3) is 5.91 Å². The summed E-state index contributed by atoms with van der Waals surface area (Å²) in [6.45, 7) is 0.507. The van der Waals surface area contributed by atoms with Crippen LogP contribution >= 0.6 is 11.6 Å². The smallest absolute Gasteiger partial charge is 0.258 e. The van der Waals surface area contributed by atoms with Gasteiger partial charge in [-0.2, -0.15) is 0 Å². The molecule has 0 saturated heterocycles.